The summed E-state index contributed by atoms with van der Waals surface area (Å²) in [6.45, 7) is 1.85. The molecule has 2 nitrogen and oxygen atoms in total. The number of thioether (sulfide) groups is 1. The summed E-state index contributed by atoms with van der Waals surface area (Å²) in [5.74, 6) is 0. The molecule has 0 radical (unpaired) electrons. The number of fused-ring (bicyclic) bond motifs is 2. The SMILES string of the molecule is C[C@@]1(O)C[C@@H]2O[C@H]1[C@@H](Sc1ccccc1)[C@@H]2Cl. The van der Waals surface area contributed by atoms with Gasteiger partial charge in [-0.05, 0) is 19.1 Å². The number of hydrogen-bond acceptors (Lipinski definition) is 3. The summed E-state index contributed by atoms with van der Waals surface area (Å²) < 4.78 is 5.78. The van der Waals surface area contributed by atoms with Gasteiger partial charge in [-0.2, -0.15) is 0 Å². The van der Waals surface area contributed by atoms with E-state index in [1.165, 1.54) is 4.90 Å². The lowest BCUT2D eigenvalue weighted by atomic mass is 9.86. The molecule has 2 saturated heterocycles. The molecule has 0 amide bonds. The molecule has 2 heterocycles. The second-order valence-corrected chi connectivity index (χ2v) is 6.75. The maximum atomic E-state index is 10.3. The van der Waals surface area contributed by atoms with Crippen molar-refractivity contribution in [1.29, 1.82) is 0 Å². The zero-order valence-corrected chi connectivity index (χ0v) is 11.1. The predicted octanol–water partition coefficient (Wildman–Crippen LogP) is 2.68. The Hall–Kier alpha value is -0.220. The van der Waals surface area contributed by atoms with Crippen LogP contribution in [0.2, 0.25) is 0 Å². The monoisotopic (exact) mass is 270 g/mol. The quantitative estimate of drug-likeness (QED) is 0.838. The molecule has 0 saturated carbocycles. The highest BCUT2D eigenvalue weighted by Gasteiger charge is 2.59. The van der Waals surface area contributed by atoms with Gasteiger partial charge in [0, 0.05) is 11.3 Å². The fraction of sp³-hybridized carbons (Fsp3) is 0.538. The number of alkyl halides is 1. The van der Waals surface area contributed by atoms with E-state index in [1.54, 1.807) is 11.8 Å². The van der Waals surface area contributed by atoms with Gasteiger partial charge in [-0.25, -0.2) is 0 Å². The maximum absolute atomic E-state index is 10.3. The van der Waals surface area contributed by atoms with E-state index in [0.29, 0.717) is 6.42 Å². The Bertz CT molecular complexity index is 409. The van der Waals surface area contributed by atoms with Crippen molar-refractivity contribution in [2.24, 2.45) is 0 Å². The molecule has 2 bridgehead atoms. The summed E-state index contributed by atoms with van der Waals surface area (Å²) >= 11 is 8.10. The van der Waals surface area contributed by atoms with E-state index in [-0.39, 0.29) is 22.8 Å². The van der Waals surface area contributed by atoms with Gasteiger partial charge in [-0.1, -0.05) is 18.2 Å². The first-order valence-corrected chi connectivity index (χ1v) is 7.13. The van der Waals surface area contributed by atoms with Crippen molar-refractivity contribution in [3.05, 3.63) is 30.3 Å². The van der Waals surface area contributed by atoms with Crippen molar-refractivity contribution in [2.45, 2.75) is 46.7 Å². The summed E-state index contributed by atoms with van der Waals surface area (Å²) in [6, 6.07) is 10.1. The lowest BCUT2D eigenvalue weighted by Gasteiger charge is -2.33. The highest BCUT2D eigenvalue weighted by Crippen LogP contribution is 2.50. The lowest BCUT2D eigenvalue weighted by Crippen LogP contribution is -2.47. The molecule has 0 aliphatic carbocycles. The van der Waals surface area contributed by atoms with Crippen LogP contribution < -0.4 is 0 Å². The van der Waals surface area contributed by atoms with E-state index in [2.05, 4.69) is 12.1 Å². The zero-order valence-electron chi connectivity index (χ0n) is 9.54. The molecule has 4 heteroatoms. The van der Waals surface area contributed by atoms with E-state index in [0.717, 1.165) is 0 Å². The van der Waals surface area contributed by atoms with Gasteiger partial charge in [0.15, 0.2) is 0 Å². The van der Waals surface area contributed by atoms with Gasteiger partial charge >= 0.3 is 0 Å². The van der Waals surface area contributed by atoms with Gasteiger partial charge in [0.1, 0.15) is 6.10 Å². The minimum absolute atomic E-state index is 0.00196. The molecular formula is C13H15ClO2S. The van der Waals surface area contributed by atoms with Crippen LogP contribution in [0.5, 0.6) is 0 Å². The van der Waals surface area contributed by atoms with Crippen LogP contribution in [0.3, 0.4) is 0 Å². The summed E-state index contributed by atoms with van der Waals surface area (Å²) in [4.78, 5) is 1.18. The Kier molecular flexibility index (Phi) is 2.90. The fourth-order valence-corrected chi connectivity index (χ4v) is 4.54. The minimum Gasteiger partial charge on any atom is -0.387 e. The van der Waals surface area contributed by atoms with Crippen LogP contribution in [0.15, 0.2) is 35.2 Å². The van der Waals surface area contributed by atoms with Crippen LogP contribution in [0.4, 0.5) is 0 Å². The fourth-order valence-electron chi connectivity index (χ4n) is 2.69. The van der Waals surface area contributed by atoms with E-state index in [1.807, 2.05) is 25.1 Å². The largest absolute Gasteiger partial charge is 0.387 e. The number of ether oxygens (including phenoxy) is 1. The normalized spacial score (nSPS) is 44.2. The molecule has 1 aromatic carbocycles. The van der Waals surface area contributed by atoms with Crippen molar-refractivity contribution in [3.63, 3.8) is 0 Å². The Morgan fingerprint density at radius 3 is 2.76 bits per heavy atom. The van der Waals surface area contributed by atoms with E-state index < -0.39 is 5.60 Å². The van der Waals surface area contributed by atoms with Crippen LogP contribution in [-0.2, 0) is 4.74 Å². The van der Waals surface area contributed by atoms with Crippen molar-refractivity contribution in [2.75, 3.05) is 0 Å². The molecular weight excluding hydrogens is 256 g/mol. The predicted molar refractivity (Wildman–Crippen MR) is 69.6 cm³/mol. The molecule has 2 aliphatic heterocycles. The maximum Gasteiger partial charge on any atom is 0.100 e. The van der Waals surface area contributed by atoms with Crippen molar-refractivity contribution < 1.29 is 9.84 Å². The minimum atomic E-state index is -0.734. The third kappa shape index (κ3) is 1.99. The van der Waals surface area contributed by atoms with Gasteiger partial charge in [-0.15, -0.1) is 23.4 Å². The first kappa shape index (κ1) is 11.8. The number of halogens is 1. The Balaban J connectivity index is 1.80. The second kappa shape index (κ2) is 4.16. The molecule has 1 aromatic rings. The van der Waals surface area contributed by atoms with E-state index >= 15 is 0 Å². The summed E-state index contributed by atoms with van der Waals surface area (Å²) in [5, 5.41) is 10.4. The Morgan fingerprint density at radius 2 is 2.12 bits per heavy atom. The van der Waals surface area contributed by atoms with Crippen LogP contribution in [0.1, 0.15) is 13.3 Å². The topological polar surface area (TPSA) is 29.5 Å². The first-order chi connectivity index (χ1) is 8.08. The van der Waals surface area contributed by atoms with Gasteiger partial charge in [0.25, 0.3) is 0 Å². The highest BCUT2D eigenvalue weighted by atomic mass is 35.5. The van der Waals surface area contributed by atoms with Crippen LogP contribution in [0, 0.1) is 0 Å². The molecule has 2 fully saturated rings. The average Bonchev–Trinajstić information content (AvgIpc) is 2.76. The lowest BCUT2D eigenvalue weighted by molar-refractivity contribution is -0.0122. The van der Waals surface area contributed by atoms with Crippen molar-refractivity contribution >= 4 is 23.4 Å². The van der Waals surface area contributed by atoms with E-state index in [4.69, 9.17) is 16.3 Å². The first-order valence-electron chi connectivity index (χ1n) is 5.81. The molecule has 2 aliphatic rings. The summed E-state index contributed by atoms with van der Waals surface area (Å²) in [7, 11) is 0. The number of hydrogen-bond donors (Lipinski definition) is 1. The Labute approximate surface area is 110 Å². The molecule has 1 N–H and O–H groups in total. The molecule has 3 rings (SSSR count). The summed E-state index contributed by atoms with van der Waals surface area (Å²) in [6.07, 6.45) is 0.496. The standard InChI is InChI=1S/C13H15ClO2S/c1-13(15)7-9-10(14)11(12(13)16-9)17-8-5-3-2-4-6-8/h2-6,9-12,15H,7H2,1H3/t9-,10+,11-,12-,13+/m0/s1. The average molecular weight is 271 g/mol. The highest BCUT2D eigenvalue weighted by molar-refractivity contribution is 8.00. The third-order valence-electron chi connectivity index (χ3n) is 3.53. The van der Waals surface area contributed by atoms with Crippen LogP contribution in [0.25, 0.3) is 0 Å². The van der Waals surface area contributed by atoms with E-state index in [9.17, 15) is 5.11 Å². The molecule has 0 aromatic heterocycles. The number of rotatable bonds is 2. The Morgan fingerprint density at radius 1 is 1.41 bits per heavy atom. The van der Waals surface area contributed by atoms with Gasteiger partial charge in [0.2, 0.25) is 0 Å². The third-order valence-corrected chi connectivity index (χ3v) is 5.59. The number of benzene rings is 1. The number of aliphatic hydroxyl groups is 1. The van der Waals surface area contributed by atoms with Crippen molar-refractivity contribution in [1.82, 2.24) is 0 Å². The van der Waals surface area contributed by atoms with Crippen molar-refractivity contribution in [3.8, 4) is 0 Å². The molecule has 5 atom stereocenters. The van der Waals surface area contributed by atoms with Gasteiger partial charge in [-0.3, -0.25) is 0 Å². The van der Waals surface area contributed by atoms with Crippen LogP contribution >= 0.6 is 23.4 Å². The van der Waals surface area contributed by atoms with Gasteiger partial charge < -0.3 is 9.84 Å². The summed E-state index contributed by atoms with van der Waals surface area (Å²) in [5.41, 5.74) is -0.734. The van der Waals surface area contributed by atoms with Gasteiger partial charge in [0.05, 0.1) is 22.3 Å². The zero-order chi connectivity index (χ0) is 12.0. The van der Waals surface area contributed by atoms with Crippen LogP contribution in [-0.4, -0.2) is 33.5 Å². The smallest absolute Gasteiger partial charge is 0.100 e. The molecule has 0 spiro atoms. The molecule has 17 heavy (non-hydrogen) atoms. The second-order valence-electron chi connectivity index (χ2n) is 5.00. The molecule has 92 valence electrons. The molecule has 0 unspecified atom stereocenters.